The van der Waals surface area contributed by atoms with Crippen LogP contribution >= 0.6 is 11.8 Å². The molecule has 1 aliphatic carbocycles. The molecule has 2 aromatic heterocycles. The maximum absolute atomic E-state index is 12.9. The molecule has 1 saturated carbocycles. The molecular weight excluding hydrogens is 356 g/mol. The molecule has 1 aliphatic rings. The Morgan fingerprint density at radius 2 is 2.11 bits per heavy atom. The lowest BCUT2D eigenvalue weighted by atomic mass is 9.79. The molecule has 1 amide bonds. The largest absolute Gasteiger partial charge is 0.346 e. The number of amides is 1. The van der Waals surface area contributed by atoms with E-state index >= 15 is 0 Å². The summed E-state index contributed by atoms with van der Waals surface area (Å²) in [6.07, 6.45) is 13.3. The number of aromatic nitrogens is 3. The minimum atomic E-state index is -0.0832. The molecule has 1 N–H and O–H groups in total. The Balaban J connectivity index is 1.64. The number of carbonyl (C=O) groups excluding carboxylic acids is 1. The van der Waals surface area contributed by atoms with E-state index < -0.39 is 0 Å². The van der Waals surface area contributed by atoms with E-state index in [2.05, 4.69) is 28.7 Å². The Labute approximate surface area is 166 Å². The molecule has 0 radical (unpaired) electrons. The predicted octanol–water partition coefficient (Wildman–Crippen LogP) is 4.64. The molecule has 6 heteroatoms. The van der Waals surface area contributed by atoms with Gasteiger partial charge in [-0.1, -0.05) is 32.3 Å². The standard InChI is InChI=1S/C21H32N4OS/c1-3-4-7-16-9-11-17(12-10-16)21(26)22-18(13-15-27-2)20-24-23-19-8-5-6-14-25(19)20/h5-6,8,14,16-18H,3-4,7,9-13,15H2,1-2H3,(H,22,26). The summed E-state index contributed by atoms with van der Waals surface area (Å²) in [5.74, 6) is 2.99. The lowest BCUT2D eigenvalue weighted by molar-refractivity contribution is -0.127. The smallest absolute Gasteiger partial charge is 0.223 e. The van der Waals surface area contributed by atoms with Gasteiger partial charge < -0.3 is 5.32 Å². The van der Waals surface area contributed by atoms with E-state index in [1.807, 2.05) is 28.8 Å². The van der Waals surface area contributed by atoms with E-state index in [1.54, 1.807) is 11.8 Å². The average Bonchev–Trinajstić information content (AvgIpc) is 3.14. The van der Waals surface area contributed by atoms with Crippen LogP contribution in [-0.4, -0.2) is 32.5 Å². The minimum Gasteiger partial charge on any atom is -0.346 e. The van der Waals surface area contributed by atoms with E-state index in [9.17, 15) is 4.79 Å². The Morgan fingerprint density at radius 3 is 2.85 bits per heavy atom. The first-order valence-corrected chi connectivity index (χ1v) is 11.7. The van der Waals surface area contributed by atoms with Crippen LogP contribution in [0.25, 0.3) is 5.65 Å². The Bertz CT molecular complexity index is 724. The molecule has 3 rings (SSSR count). The number of hydrogen-bond acceptors (Lipinski definition) is 4. The number of hydrogen-bond donors (Lipinski definition) is 1. The third-order valence-corrected chi connectivity index (χ3v) is 6.41. The molecule has 1 unspecified atom stereocenters. The highest BCUT2D eigenvalue weighted by molar-refractivity contribution is 7.98. The van der Waals surface area contributed by atoms with E-state index in [0.717, 1.165) is 42.4 Å². The molecule has 0 bridgehead atoms. The molecule has 0 aromatic carbocycles. The van der Waals surface area contributed by atoms with Gasteiger partial charge in [0.2, 0.25) is 5.91 Å². The van der Waals surface area contributed by atoms with E-state index in [-0.39, 0.29) is 17.9 Å². The van der Waals surface area contributed by atoms with Crippen LogP contribution in [0.2, 0.25) is 0 Å². The van der Waals surface area contributed by atoms with Crippen LogP contribution in [0.15, 0.2) is 24.4 Å². The molecule has 0 saturated heterocycles. The first kappa shape index (κ1) is 20.2. The quantitative estimate of drug-likeness (QED) is 0.680. The van der Waals surface area contributed by atoms with Crippen molar-refractivity contribution in [1.82, 2.24) is 19.9 Å². The summed E-state index contributed by atoms with van der Waals surface area (Å²) < 4.78 is 1.99. The van der Waals surface area contributed by atoms with Crippen LogP contribution in [0, 0.1) is 11.8 Å². The molecular formula is C21H32N4OS. The van der Waals surface area contributed by atoms with Crippen LogP contribution in [0.4, 0.5) is 0 Å². The third-order valence-electron chi connectivity index (χ3n) is 5.76. The van der Waals surface area contributed by atoms with Crippen molar-refractivity contribution >= 4 is 23.3 Å². The number of carbonyl (C=O) groups is 1. The first-order valence-electron chi connectivity index (χ1n) is 10.3. The lowest BCUT2D eigenvalue weighted by Crippen LogP contribution is -2.36. The summed E-state index contributed by atoms with van der Waals surface area (Å²) in [6, 6.07) is 5.80. The number of thioether (sulfide) groups is 1. The summed E-state index contributed by atoms with van der Waals surface area (Å²) in [5.41, 5.74) is 0.826. The van der Waals surface area contributed by atoms with Gasteiger partial charge in [0.1, 0.15) is 0 Å². The number of nitrogens with zero attached hydrogens (tertiary/aromatic N) is 3. The van der Waals surface area contributed by atoms with Crippen molar-refractivity contribution in [3.63, 3.8) is 0 Å². The van der Waals surface area contributed by atoms with Gasteiger partial charge in [-0.3, -0.25) is 9.20 Å². The Hall–Kier alpha value is -1.56. The van der Waals surface area contributed by atoms with Crippen LogP contribution in [0.1, 0.15) is 70.2 Å². The summed E-state index contributed by atoms with van der Waals surface area (Å²) in [5, 5.41) is 11.9. The average molecular weight is 389 g/mol. The van der Waals surface area contributed by atoms with Gasteiger partial charge in [-0.2, -0.15) is 11.8 Å². The fraction of sp³-hybridized carbons (Fsp3) is 0.667. The van der Waals surface area contributed by atoms with Crippen molar-refractivity contribution in [3.8, 4) is 0 Å². The highest BCUT2D eigenvalue weighted by Crippen LogP contribution is 2.32. The van der Waals surface area contributed by atoms with Gasteiger partial charge in [-0.15, -0.1) is 10.2 Å². The molecule has 2 aromatic rings. The molecule has 148 valence electrons. The van der Waals surface area contributed by atoms with Crippen LogP contribution in [0.3, 0.4) is 0 Å². The minimum absolute atomic E-state index is 0.0832. The number of rotatable bonds is 9. The van der Waals surface area contributed by atoms with E-state index in [4.69, 9.17) is 0 Å². The molecule has 0 spiro atoms. The van der Waals surface area contributed by atoms with Gasteiger partial charge in [-0.25, -0.2) is 0 Å². The number of pyridine rings is 1. The molecule has 1 fully saturated rings. The number of fused-ring (bicyclic) bond motifs is 1. The highest BCUT2D eigenvalue weighted by atomic mass is 32.2. The molecule has 1 atom stereocenters. The van der Waals surface area contributed by atoms with Crippen molar-refractivity contribution in [1.29, 1.82) is 0 Å². The zero-order chi connectivity index (χ0) is 19.1. The second-order valence-corrected chi connectivity index (χ2v) is 8.68. The van der Waals surface area contributed by atoms with Gasteiger partial charge in [0.25, 0.3) is 0 Å². The van der Waals surface area contributed by atoms with Crippen molar-refractivity contribution in [2.45, 2.75) is 64.3 Å². The summed E-state index contributed by atoms with van der Waals surface area (Å²) in [6.45, 7) is 2.25. The van der Waals surface area contributed by atoms with Crippen LogP contribution < -0.4 is 5.32 Å². The molecule has 27 heavy (non-hydrogen) atoms. The summed E-state index contributed by atoms with van der Waals surface area (Å²) in [7, 11) is 0. The topological polar surface area (TPSA) is 59.3 Å². The second kappa shape index (κ2) is 10.1. The zero-order valence-corrected chi connectivity index (χ0v) is 17.4. The van der Waals surface area contributed by atoms with Crippen LogP contribution in [-0.2, 0) is 4.79 Å². The lowest BCUT2D eigenvalue weighted by Gasteiger charge is -2.29. The maximum Gasteiger partial charge on any atom is 0.223 e. The Kier molecular flexibility index (Phi) is 7.56. The maximum atomic E-state index is 12.9. The fourth-order valence-corrected chi connectivity index (χ4v) is 4.57. The number of nitrogens with one attached hydrogen (secondary N) is 1. The molecule has 2 heterocycles. The van der Waals surface area contributed by atoms with Gasteiger partial charge in [-0.05, 0) is 62.2 Å². The zero-order valence-electron chi connectivity index (χ0n) is 16.6. The monoisotopic (exact) mass is 388 g/mol. The first-order chi connectivity index (χ1) is 13.2. The van der Waals surface area contributed by atoms with Gasteiger partial charge in [0.15, 0.2) is 11.5 Å². The van der Waals surface area contributed by atoms with Gasteiger partial charge >= 0.3 is 0 Å². The van der Waals surface area contributed by atoms with Crippen LogP contribution in [0.5, 0.6) is 0 Å². The summed E-state index contributed by atoms with van der Waals surface area (Å²) >= 11 is 1.79. The SMILES string of the molecule is CCCCC1CCC(C(=O)NC(CCSC)c2nnc3ccccn23)CC1. The van der Waals surface area contributed by atoms with E-state index in [0.29, 0.717) is 0 Å². The molecule has 0 aliphatic heterocycles. The Morgan fingerprint density at radius 1 is 1.30 bits per heavy atom. The fourth-order valence-electron chi connectivity index (χ4n) is 4.09. The van der Waals surface area contributed by atoms with Crippen molar-refractivity contribution < 1.29 is 4.79 Å². The predicted molar refractivity (Wildman–Crippen MR) is 112 cm³/mol. The van der Waals surface area contributed by atoms with Gasteiger partial charge in [0, 0.05) is 12.1 Å². The third kappa shape index (κ3) is 5.24. The van der Waals surface area contributed by atoms with Crippen molar-refractivity contribution in [2.24, 2.45) is 11.8 Å². The second-order valence-electron chi connectivity index (χ2n) is 7.69. The normalized spacial score (nSPS) is 21.3. The summed E-state index contributed by atoms with van der Waals surface area (Å²) in [4.78, 5) is 12.9. The number of unbranched alkanes of at least 4 members (excludes halogenated alkanes) is 1. The van der Waals surface area contributed by atoms with Crippen molar-refractivity contribution in [3.05, 3.63) is 30.2 Å². The van der Waals surface area contributed by atoms with Crippen molar-refractivity contribution in [2.75, 3.05) is 12.0 Å². The van der Waals surface area contributed by atoms with E-state index in [1.165, 1.54) is 32.1 Å². The molecule has 5 nitrogen and oxygen atoms in total. The highest BCUT2D eigenvalue weighted by Gasteiger charge is 2.28. The van der Waals surface area contributed by atoms with Gasteiger partial charge in [0.05, 0.1) is 6.04 Å².